The van der Waals surface area contributed by atoms with E-state index < -0.39 is 5.60 Å². The molecule has 0 saturated carbocycles. The molecule has 0 unspecified atom stereocenters. The van der Waals surface area contributed by atoms with Crippen molar-refractivity contribution >= 4 is 5.91 Å². The maximum atomic E-state index is 11.7. The highest BCUT2D eigenvalue weighted by molar-refractivity contribution is 5.77. The normalized spacial score (nSPS) is 18.2. The van der Waals surface area contributed by atoms with Gasteiger partial charge in [-0.1, -0.05) is 13.3 Å². The van der Waals surface area contributed by atoms with E-state index in [0.717, 1.165) is 12.8 Å². The molecule has 1 amide bonds. The van der Waals surface area contributed by atoms with Crippen LogP contribution in [0, 0.1) is 0 Å². The van der Waals surface area contributed by atoms with Crippen LogP contribution in [0.25, 0.3) is 0 Å². The van der Waals surface area contributed by atoms with Crippen molar-refractivity contribution in [3.05, 3.63) is 12.7 Å². The number of carbonyl (C=O) groups excluding carboxylic acids is 1. The fourth-order valence-electron chi connectivity index (χ4n) is 2.02. The zero-order chi connectivity index (χ0) is 11.6. The SMILES string of the molecule is CCCC1(O)CN(C(=O)Cn2cncn2)C1. The van der Waals surface area contributed by atoms with Gasteiger partial charge in [-0.05, 0) is 6.42 Å². The van der Waals surface area contributed by atoms with Gasteiger partial charge in [0.15, 0.2) is 0 Å². The molecule has 1 aromatic rings. The van der Waals surface area contributed by atoms with Gasteiger partial charge in [-0.3, -0.25) is 4.79 Å². The maximum Gasteiger partial charge on any atom is 0.244 e. The first kappa shape index (κ1) is 11.1. The van der Waals surface area contributed by atoms with E-state index in [0.29, 0.717) is 13.1 Å². The molecule has 0 bridgehead atoms. The molecule has 6 heteroatoms. The summed E-state index contributed by atoms with van der Waals surface area (Å²) in [5.41, 5.74) is -0.660. The molecule has 0 aliphatic carbocycles. The van der Waals surface area contributed by atoms with Crippen LogP contribution in [0.4, 0.5) is 0 Å². The molecule has 16 heavy (non-hydrogen) atoms. The van der Waals surface area contributed by atoms with Gasteiger partial charge in [0.1, 0.15) is 19.2 Å². The number of likely N-dealkylation sites (tertiary alicyclic amines) is 1. The molecule has 1 aliphatic heterocycles. The summed E-state index contributed by atoms with van der Waals surface area (Å²) in [6.45, 7) is 3.10. The highest BCUT2D eigenvalue weighted by Crippen LogP contribution is 2.25. The van der Waals surface area contributed by atoms with Crippen molar-refractivity contribution in [2.24, 2.45) is 0 Å². The number of amides is 1. The Morgan fingerprint density at radius 2 is 2.31 bits per heavy atom. The predicted octanol–water partition coefficient (Wildman–Crippen LogP) is -0.349. The van der Waals surface area contributed by atoms with E-state index in [1.165, 1.54) is 17.3 Å². The van der Waals surface area contributed by atoms with Crippen LogP contribution in [-0.4, -0.2) is 49.4 Å². The molecule has 1 saturated heterocycles. The van der Waals surface area contributed by atoms with E-state index >= 15 is 0 Å². The van der Waals surface area contributed by atoms with Crippen LogP contribution in [0.15, 0.2) is 12.7 Å². The van der Waals surface area contributed by atoms with E-state index in [4.69, 9.17) is 0 Å². The van der Waals surface area contributed by atoms with Crippen molar-refractivity contribution in [1.82, 2.24) is 19.7 Å². The summed E-state index contributed by atoms with van der Waals surface area (Å²) in [6.07, 6.45) is 4.59. The first-order valence-corrected chi connectivity index (χ1v) is 5.45. The second-order valence-corrected chi connectivity index (χ2v) is 4.32. The molecule has 0 aromatic carbocycles. The average Bonchev–Trinajstić information content (AvgIpc) is 2.66. The molecular formula is C10H16N4O2. The topological polar surface area (TPSA) is 71.2 Å². The molecule has 1 fully saturated rings. The zero-order valence-electron chi connectivity index (χ0n) is 9.33. The van der Waals surface area contributed by atoms with Gasteiger partial charge in [-0.15, -0.1) is 0 Å². The predicted molar refractivity (Wildman–Crippen MR) is 56.5 cm³/mol. The number of hydrogen-bond acceptors (Lipinski definition) is 4. The van der Waals surface area contributed by atoms with Gasteiger partial charge >= 0.3 is 0 Å². The highest BCUT2D eigenvalue weighted by atomic mass is 16.3. The molecule has 1 aromatic heterocycles. The van der Waals surface area contributed by atoms with Crippen LogP contribution in [0.2, 0.25) is 0 Å². The van der Waals surface area contributed by atoms with Gasteiger partial charge in [0.25, 0.3) is 0 Å². The van der Waals surface area contributed by atoms with Gasteiger partial charge in [0, 0.05) is 0 Å². The fourth-order valence-corrected chi connectivity index (χ4v) is 2.02. The summed E-state index contributed by atoms with van der Waals surface area (Å²) in [5.74, 6) is -0.0220. The number of nitrogens with zero attached hydrogens (tertiary/aromatic N) is 4. The lowest BCUT2D eigenvalue weighted by atomic mass is 9.89. The Hall–Kier alpha value is -1.43. The number of β-amino-alcohol motifs (C(OH)–C–C–N with tert-alkyl or cyclic N) is 1. The molecule has 2 heterocycles. The van der Waals surface area contributed by atoms with E-state index in [-0.39, 0.29) is 12.5 Å². The molecule has 1 aliphatic rings. The molecule has 0 atom stereocenters. The monoisotopic (exact) mass is 224 g/mol. The molecule has 0 radical (unpaired) electrons. The Morgan fingerprint density at radius 3 is 2.88 bits per heavy atom. The number of aliphatic hydroxyl groups is 1. The lowest BCUT2D eigenvalue weighted by Gasteiger charge is -2.46. The Kier molecular flexibility index (Phi) is 2.91. The Balaban J connectivity index is 1.81. The minimum absolute atomic E-state index is 0.0220. The standard InChI is InChI=1S/C10H16N4O2/c1-2-3-10(16)5-13(6-10)9(15)4-14-8-11-7-12-14/h7-8,16H,2-6H2,1H3. The van der Waals surface area contributed by atoms with Crippen LogP contribution in [0.5, 0.6) is 0 Å². The third-order valence-electron chi connectivity index (χ3n) is 2.80. The first-order chi connectivity index (χ1) is 7.63. The quantitative estimate of drug-likeness (QED) is 0.759. The molecule has 0 spiro atoms. The molecule has 1 N–H and O–H groups in total. The lowest BCUT2D eigenvalue weighted by molar-refractivity contribution is -0.157. The van der Waals surface area contributed by atoms with Crippen molar-refractivity contribution in [2.75, 3.05) is 13.1 Å². The van der Waals surface area contributed by atoms with E-state index in [2.05, 4.69) is 10.1 Å². The van der Waals surface area contributed by atoms with Gasteiger partial charge in [-0.25, -0.2) is 9.67 Å². The molecule has 2 rings (SSSR count). The Morgan fingerprint density at radius 1 is 1.56 bits per heavy atom. The van der Waals surface area contributed by atoms with E-state index in [9.17, 15) is 9.90 Å². The summed E-state index contributed by atoms with van der Waals surface area (Å²) >= 11 is 0. The first-order valence-electron chi connectivity index (χ1n) is 5.45. The minimum atomic E-state index is -0.660. The van der Waals surface area contributed by atoms with Gasteiger partial charge in [0.05, 0.1) is 18.7 Å². The number of carbonyl (C=O) groups is 1. The molecule has 6 nitrogen and oxygen atoms in total. The summed E-state index contributed by atoms with van der Waals surface area (Å²) in [5, 5.41) is 13.8. The maximum absolute atomic E-state index is 11.7. The van der Waals surface area contributed by atoms with Crippen LogP contribution < -0.4 is 0 Å². The third-order valence-corrected chi connectivity index (χ3v) is 2.80. The summed E-state index contributed by atoms with van der Waals surface area (Å²) in [7, 11) is 0. The van der Waals surface area contributed by atoms with Crippen molar-refractivity contribution in [3.8, 4) is 0 Å². The van der Waals surface area contributed by atoms with Crippen LogP contribution in [-0.2, 0) is 11.3 Å². The highest BCUT2D eigenvalue weighted by Gasteiger charge is 2.42. The fraction of sp³-hybridized carbons (Fsp3) is 0.700. The smallest absolute Gasteiger partial charge is 0.244 e. The number of aromatic nitrogens is 3. The van der Waals surface area contributed by atoms with Crippen molar-refractivity contribution in [1.29, 1.82) is 0 Å². The summed E-state index contributed by atoms with van der Waals surface area (Å²) < 4.78 is 1.49. The Labute approximate surface area is 93.9 Å². The number of rotatable bonds is 4. The van der Waals surface area contributed by atoms with Crippen molar-refractivity contribution in [3.63, 3.8) is 0 Å². The summed E-state index contributed by atoms with van der Waals surface area (Å²) in [6, 6.07) is 0. The Bertz CT molecular complexity index is 357. The van der Waals surface area contributed by atoms with Crippen LogP contribution in [0.3, 0.4) is 0 Å². The zero-order valence-corrected chi connectivity index (χ0v) is 9.33. The van der Waals surface area contributed by atoms with Gasteiger partial charge in [0.2, 0.25) is 5.91 Å². The largest absolute Gasteiger partial charge is 0.386 e. The van der Waals surface area contributed by atoms with E-state index in [1.807, 2.05) is 6.92 Å². The third kappa shape index (κ3) is 2.21. The van der Waals surface area contributed by atoms with Gasteiger partial charge < -0.3 is 10.0 Å². The van der Waals surface area contributed by atoms with Crippen molar-refractivity contribution in [2.45, 2.75) is 31.9 Å². The van der Waals surface area contributed by atoms with Crippen LogP contribution in [0.1, 0.15) is 19.8 Å². The average molecular weight is 224 g/mol. The second kappa shape index (κ2) is 4.21. The lowest BCUT2D eigenvalue weighted by Crippen LogP contribution is -2.63. The number of hydrogen-bond donors (Lipinski definition) is 1. The second-order valence-electron chi connectivity index (χ2n) is 4.32. The van der Waals surface area contributed by atoms with Crippen molar-refractivity contribution < 1.29 is 9.90 Å². The molecule has 88 valence electrons. The minimum Gasteiger partial charge on any atom is -0.386 e. The summed E-state index contributed by atoms with van der Waals surface area (Å²) in [4.78, 5) is 17.1. The van der Waals surface area contributed by atoms with Gasteiger partial charge in [-0.2, -0.15) is 5.10 Å². The van der Waals surface area contributed by atoms with Crippen LogP contribution >= 0.6 is 0 Å². The molecular weight excluding hydrogens is 208 g/mol. The van der Waals surface area contributed by atoms with E-state index in [1.54, 1.807) is 4.90 Å².